The summed E-state index contributed by atoms with van der Waals surface area (Å²) in [7, 11) is 0. The first kappa shape index (κ1) is 47.1. The second-order valence-electron chi connectivity index (χ2n) is 10.9. The third kappa shape index (κ3) is 33.0. The fraction of sp³-hybridized carbons (Fsp3) is 0.903. The molecule has 49 heavy (non-hydrogen) atoms. The fourth-order valence-corrected chi connectivity index (χ4v) is 4.29. The molecule has 0 aliphatic heterocycles. The number of carbonyl (C=O) groups is 3. The summed E-state index contributed by atoms with van der Waals surface area (Å²) in [6.45, 7) is 8.46. The van der Waals surface area contributed by atoms with Gasteiger partial charge in [0.1, 0.15) is 5.78 Å². The van der Waals surface area contributed by atoms with Crippen LogP contribution in [0.4, 0.5) is 0 Å². The van der Waals surface area contributed by atoms with E-state index < -0.39 is 5.97 Å². The maximum Gasteiger partial charge on any atom is 0.317 e. The van der Waals surface area contributed by atoms with E-state index in [2.05, 4.69) is 5.32 Å². The maximum absolute atomic E-state index is 12.5. The number of hydrogen-bond donors (Lipinski definition) is 6. The Morgan fingerprint density at radius 3 is 1.39 bits per heavy atom. The van der Waals surface area contributed by atoms with E-state index in [-0.39, 0.29) is 71.0 Å². The van der Waals surface area contributed by atoms with Crippen molar-refractivity contribution in [3.63, 3.8) is 0 Å². The van der Waals surface area contributed by atoms with Crippen LogP contribution in [0.2, 0.25) is 0 Å². The lowest BCUT2D eigenvalue weighted by atomic mass is 10.2. The van der Waals surface area contributed by atoms with Gasteiger partial charge in [-0.1, -0.05) is 0 Å². The van der Waals surface area contributed by atoms with Crippen LogP contribution < -0.4 is 16.8 Å². The number of aliphatic hydroxyl groups excluding tert-OH is 2. The Kier molecular flexibility index (Phi) is 34.5. The summed E-state index contributed by atoms with van der Waals surface area (Å²) in [5.41, 5.74) is 10.9. The molecule has 290 valence electrons. The first-order valence-corrected chi connectivity index (χ1v) is 17.1. The molecular weight excluding hydrogens is 648 g/mol. The van der Waals surface area contributed by atoms with E-state index in [0.717, 1.165) is 0 Å². The highest BCUT2D eigenvalue weighted by Gasteiger charge is 2.13. The van der Waals surface area contributed by atoms with Gasteiger partial charge in [-0.2, -0.15) is 0 Å². The second-order valence-corrected chi connectivity index (χ2v) is 10.9. The van der Waals surface area contributed by atoms with Gasteiger partial charge in [-0.25, -0.2) is 0 Å². The molecule has 18 nitrogen and oxygen atoms in total. The molecule has 1 amide bonds. The number of carboxylic acids is 1. The monoisotopic (exact) mass is 712 g/mol. The van der Waals surface area contributed by atoms with Crippen LogP contribution in [0.5, 0.6) is 0 Å². The van der Waals surface area contributed by atoms with Crippen LogP contribution in [0.15, 0.2) is 0 Å². The highest BCUT2D eigenvalue weighted by molar-refractivity contribution is 5.80. The minimum Gasteiger partial charge on any atom is -0.480 e. The van der Waals surface area contributed by atoms with E-state index in [4.69, 9.17) is 50.1 Å². The summed E-state index contributed by atoms with van der Waals surface area (Å²) in [4.78, 5) is 41.8. The average Bonchev–Trinajstić information content (AvgIpc) is 3.07. The molecule has 0 saturated heterocycles. The highest BCUT2D eigenvalue weighted by atomic mass is 16.5. The number of ether oxygens (including phenoxy) is 6. The van der Waals surface area contributed by atoms with Crippen molar-refractivity contribution in [2.24, 2.45) is 11.5 Å². The Hall–Kier alpha value is -1.91. The Morgan fingerprint density at radius 2 is 0.939 bits per heavy atom. The van der Waals surface area contributed by atoms with Crippen LogP contribution in [0.3, 0.4) is 0 Å². The van der Waals surface area contributed by atoms with Gasteiger partial charge >= 0.3 is 5.97 Å². The number of aliphatic hydroxyl groups is 2. The molecular formula is C31H64N6O12. The van der Waals surface area contributed by atoms with Crippen LogP contribution in [0.25, 0.3) is 0 Å². The molecule has 0 spiro atoms. The predicted molar refractivity (Wildman–Crippen MR) is 181 cm³/mol. The van der Waals surface area contributed by atoms with E-state index in [0.29, 0.717) is 125 Å². The second kappa shape index (κ2) is 35.9. The number of carbonyl (C=O) groups excluding carboxylic acids is 2. The van der Waals surface area contributed by atoms with Gasteiger partial charge in [-0.05, 0) is 6.42 Å². The van der Waals surface area contributed by atoms with E-state index in [1.807, 2.05) is 9.80 Å². The number of amides is 1. The minimum atomic E-state index is -0.961. The van der Waals surface area contributed by atoms with E-state index in [9.17, 15) is 19.5 Å². The van der Waals surface area contributed by atoms with Crippen molar-refractivity contribution in [1.29, 1.82) is 0 Å². The molecule has 0 aromatic carbocycles. The fourth-order valence-electron chi connectivity index (χ4n) is 4.29. The number of carboxylic acid groups (broad SMARTS) is 1. The summed E-state index contributed by atoms with van der Waals surface area (Å²) >= 11 is 0. The Morgan fingerprint density at radius 1 is 0.531 bits per heavy atom. The Labute approximate surface area is 291 Å². The lowest BCUT2D eigenvalue weighted by molar-refractivity contribution is -0.138. The van der Waals surface area contributed by atoms with Crippen LogP contribution in [0.1, 0.15) is 12.8 Å². The summed E-state index contributed by atoms with van der Waals surface area (Å²) in [5, 5.41) is 29.8. The van der Waals surface area contributed by atoms with Crippen molar-refractivity contribution in [2.75, 3.05) is 171 Å². The molecule has 0 unspecified atom stereocenters. The van der Waals surface area contributed by atoms with Gasteiger partial charge in [0.15, 0.2) is 0 Å². The number of nitrogens with two attached hydrogens (primary N) is 2. The summed E-state index contributed by atoms with van der Waals surface area (Å²) in [5.74, 6) is -1.07. The van der Waals surface area contributed by atoms with E-state index >= 15 is 0 Å². The standard InChI is InChI=1S/C31H64N6O12/c32-3-15-45-19-6-35(7-22-48-24-12-38)26-29(40)2-1-14-44-18-10-37(28-31(42)43)11-21-47-17-5-34-30(41)27-36(8-20-46-16-4-33)9-23-49-25-13-39/h38-39H,1-28,32-33H2,(H,34,41)(H,42,43). The van der Waals surface area contributed by atoms with E-state index in [1.165, 1.54) is 0 Å². The molecule has 0 aromatic heterocycles. The van der Waals surface area contributed by atoms with Crippen LogP contribution >= 0.6 is 0 Å². The van der Waals surface area contributed by atoms with Crippen LogP contribution in [0, 0.1) is 0 Å². The topological polar surface area (TPSA) is 241 Å². The first-order chi connectivity index (χ1) is 23.9. The molecule has 0 aliphatic rings. The highest BCUT2D eigenvalue weighted by Crippen LogP contribution is 1.99. The first-order valence-electron chi connectivity index (χ1n) is 17.1. The maximum atomic E-state index is 12.5. The zero-order valence-electron chi connectivity index (χ0n) is 29.3. The Bertz CT molecular complexity index is 711. The molecule has 0 bridgehead atoms. The third-order valence-electron chi connectivity index (χ3n) is 6.75. The molecule has 0 radical (unpaired) electrons. The number of aliphatic carboxylic acids is 1. The SMILES string of the molecule is NCCOCCN(CCOCCO)CC(=O)CCCOCCN(CCOCCNC(=O)CN(CCOCCN)CCOCCO)CC(=O)O. The third-order valence-corrected chi connectivity index (χ3v) is 6.75. The summed E-state index contributed by atoms with van der Waals surface area (Å²) in [6.07, 6.45) is 0.892. The number of hydrogen-bond acceptors (Lipinski definition) is 16. The number of rotatable bonds is 39. The molecule has 0 saturated carbocycles. The molecule has 0 rings (SSSR count). The molecule has 8 N–H and O–H groups in total. The van der Waals surface area contributed by atoms with Gasteiger partial charge in [-0.3, -0.25) is 29.1 Å². The van der Waals surface area contributed by atoms with Gasteiger partial charge in [0.05, 0.1) is 106 Å². The lowest BCUT2D eigenvalue weighted by Gasteiger charge is -2.22. The molecule has 0 fully saturated rings. The average molecular weight is 713 g/mol. The molecule has 0 aliphatic carbocycles. The molecule has 18 heteroatoms. The smallest absolute Gasteiger partial charge is 0.317 e. The summed E-state index contributed by atoms with van der Waals surface area (Å²) < 4.78 is 32.7. The van der Waals surface area contributed by atoms with Crippen molar-refractivity contribution >= 4 is 17.7 Å². The quantitative estimate of drug-likeness (QED) is 0.0338. The van der Waals surface area contributed by atoms with Gasteiger partial charge in [-0.15, -0.1) is 0 Å². The number of nitrogens with one attached hydrogen (secondary N) is 1. The van der Waals surface area contributed by atoms with Crippen molar-refractivity contribution in [3.05, 3.63) is 0 Å². The van der Waals surface area contributed by atoms with Crippen LogP contribution in [-0.4, -0.2) is 219 Å². The zero-order valence-corrected chi connectivity index (χ0v) is 29.3. The van der Waals surface area contributed by atoms with Crippen molar-refractivity contribution < 1.29 is 58.1 Å². The van der Waals surface area contributed by atoms with Crippen molar-refractivity contribution in [2.45, 2.75) is 12.8 Å². The van der Waals surface area contributed by atoms with Gasteiger partial charge < -0.3 is 60.5 Å². The zero-order chi connectivity index (χ0) is 36.2. The Balaban J connectivity index is 4.26. The molecule has 0 heterocycles. The normalized spacial score (nSPS) is 11.7. The number of Topliss-reactive ketones (excluding diaryl/α,β-unsaturated/α-hetero) is 1. The van der Waals surface area contributed by atoms with E-state index in [1.54, 1.807) is 4.90 Å². The van der Waals surface area contributed by atoms with Crippen molar-refractivity contribution in [3.8, 4) is 0 Å². The summed E-state index contributed by atoms with van der Waals surface area (Å²) in [6, 6.07) is 0. The predicted octanol–water partition coefficient (Wildman–Crippen LogP) is -3.56. The minimum absolute atomic E-state index is 0.0545. The lowest BCUT2D eigenvalue weighted by Crippen LogP contribution is -2.41. The number of nitrogens with zero attached hydrogens (tertiary/aromatic N) is 3. The van der Waals surface area contributed by atoms with Gasteiger partial charge in [0.25, 0.3) is 0 Å². The molecule has 0 atom stereocenters. The van der Waals surface area contributed by atoms with Gasteiger partial charge in [0.2, 0.25) is 5.91 Å². The van der Waals surface area contributed by atoms with Crippen LogP contribution in [-0.2, 0) is 42.8 Å². The largest absolute Gasteiger partial charge is 0.480 e. The van der Waals surface area contributed by atoms with Crippen molar-refractivity contribution in [1.82, 2.24) is 20.0 Å². The number of ketones is 1. The van der Waals surface area contributed by atoms with Gasteiger partial charge in [0, 0.05) is 71.9 Å². The molecule has 0 aromatic rings.